The molecular weight excluding hydrogens is 545 g/mol. The van der Waals surface area contributed by atoms with Crippen molar-refractivity contribution in [1.29, 1.82) is 0 Å². The fourth-order valence-corrected chi connectivity index (χ4v) is 6.87. The number of halogens is 1. The number of sulfonamides is 1. The van der Waals surface area contributed by atoms with E-state index in [9.17, 15) is 17.6 Å². The van der Waals surface area contributed by atoms with Gasteiger partial charge in [-0.3, -0.25) is 4.79 Å². The van der Waals surface area contributed by atoms with Gasteiger partial charge in [0.2, 0.25) is 10.0 Å². The van der Waals surface area contributed by atoms with Gasteiger partial charge in [-0.2, -0.15) is 4.31 Å². The van der Waals surface area contributed by atoms with Crippen LogP contribution in [0.4, 0.5) is 10.1 Å². The standard InChI is InChI=1S/C31H30FN3O5S/c1-2-35-29-12-11-23(41(37,38)34-14-16-39-17-15-34)20-25(29)26(31(35)36)19-22-21-33(28-9-5-3-7-24(22)28)13-18-40-30-10-6-4-8-27(30)32/h3-12,19-21H,2,13-18H2,1H3. The molecule has 1 amide bonds. The fraction of sp³-hybridized carbons (Fsp3) is 0.258. The van der Waals surface area contributed by atoms with Crippen molar-refractivity contribution in [3.05, 3.63) is 89.9 Å². The fourth-order valence-electron chi connectivity index (χ4n) is 5.43. The van der Waals surface area contributed by atoms with Crippen LogP contribution in [0.5, 0.6) is 5.75 Å². The summed E-state index contributed by atoms with van der Waals surface area (Å²) in [7, 11) is -3.74. The number of benzene rings is 3. The predicted octanol–water partition coefficient (Wildman–Crippen LogP) is 4.79. The van der Waals surface area contributed by atoms with Crippen LogP contribution in [0, 0.1) is 5.82 Å². The molecule has 4 aromatic rings. The maximum atomic E-state index is 14.0. The number of hydrogen-bond donors (Lipinski definition) is 0. The lowest BCUT2D eigenvalue weighted by molar-refractivity contribution is -0.112. The number of morpholine rings is 1. The van der Waals surface area contributed by atoms with Gasteiger partial charge in [-0.25, -0.2) is 12.8 Å². The number of carbonyl (C=O) groups is 1. The Morgan fingerprint density at radius 1 is 1.02 bits per heavy atom. The van der Waals surface area contributed by atoms with Crippen LogP contribution >= 0.6 is 0 Å². The van der Waals surface area contributed by atoms with Crippen molar-refractivity contribution in [2.45, 2.75) is 18.4 Å². The minimum absolute atomic E-state index is 0.155. The number of anilines is 1. The summed E-state index contributed by atoms with van der Waals surface area (Å²) in [5.41, 5.74) is 3.47. The third-order valence-corrected chi connectivity index (χ3v) is 9.39. The molecule has 6 rings (SSSR count). The molecule has 2 aliphatic heterocycles. The molecule has 8 nitrogen and oxygen atoms in total. The minimum Gasteiger partial charge on any atom is -0.489 e. The molecule has 1 fully saturated rings. The van der Waals surface area contributed by atoms with E-state index in [1.807, 2.05) is 48.0 Å². The molecule has 0 aliphatic carbocycles. The molecule has 0 spiro atoms. The Morgan fingerprint density at radius 3 is 2.56 bits per heavy atom. The Morgan fingerprint density at radius 2 is 1.78 bits per heavy atom. The molecule has 1 saturated heterocycles. The van der Waals surface area contributed by atoms with E-state index in [1.165, 1.54) is 10.4 Å². The predicted molar refractivity (Wildman–Crippen MR) is 156 cm³/mol. The Hall–Kier alpha value is -3.99. The highest BCUT2D eigenvalue weighted by Gasteiger charge is 2.34. The molecular formula is C31H30FN3O5S. The number of aromatic nitrogens is 1. The summed E-state index contributed by atoms with van der Waals surface area (Å²) in [6.07, 6.45) is 3.77. The molecule has 0 unspecified atom stereocenters. The number of fused-ring (bicyclic) bond motifs is 2. The third-order valence-electron chi connectivity index (χ3n) is 7.49. The van der Waals surface area contributed by atoms with Crippen molar-refractivity contribution in [3.63, 3.8) is 0 Å². The van der Waals surface area contributed by atoms with Gasteiger partial charge >= 0.3 is 0 Å². The SMILES string of the molecule is CCN1C(=O)C(=Cc2cn(CCOc3ccccc3F)c3ccccc23)c2cc(S(=O)(=O)N3CCOCC3)ccc21. The Balaban J connectivity index is 1.36. The topological polar surface area (TPSA) is 81.1 Å². The van der Waals surface area contributed by atoms with Crippen LogP contribution < -0.4 is 9.64 Å². The number of likely N-dealkylation sites (N-methyl/N-ethyl adjacent to an activating group) is 1. The largest absolute Gasteiger partial charge is 0.489 e. The summed E-state index contributed by atoms with van der Waals surface area (Å²) in [5, 5.41) is 0.937. The minimum atomic E-state index is -3.74. The van der Waals surface area contributed by atoms with Crippen LogP contribution in [0.15, 0.2) is 77.8 Å². The second-order valence-corrected chi connectivity index (χ2v) is 11.8. The van der Waals surface area contributed by atoms with Crippen molar-refractivity contribution in [2.24, 2.45) is 0 Å². The van der Waals surface area contributed by atoms with E-state index in [2.05, 4.69) is 0 Å². The average Bonchev–Trinajstić information content (AvgIpc) is 3.48. The summed E-state index contributed by atoms with van der Waals surface area (Å²) in [6.45, 7) is 4.36. The molecule has 0 atom stereocenters. The van der Waals surface area contributed by atoms with Crippen LogP contribution in [-0.4, -0.2) is 62.7 Å². The zero-order valence-electron chi connectivity index (χ0n) is 22.6. The summed E-state index contributed by atoms with van der Waals surface area (Å²) >= 11 is 0. The lowest BCUT2D eigenvalue weighted by Crippen LogP contribution is -2.40. The first kappa shape index (κ1) is 27.2. The Bertz CT molecular complexity index is 1760. The monoisotopic (exact) mass is 575 g/mol. The zero-order chi connectivity index (χ0) is 28.6. The summed E-state index contributed by atoms with van der Waals surface area (Å²) in [5.74, 6) is -0.394. The number of amides is 1. The molecule has 0 N–H and O–H groups in total. The van der Waals surface area contributed by atoms with Gasteiger partial charge in [-0.15, -0.1) is 0 Å². The van der Waals surface area contributed by atoms with E-state index in [0.29, 0.717) is 56.2 Å². The third kappa shape index (κ3) is 5.03. The van der Waals surface area contributed by atoms with Crippen molar-refractivity contribution < 1.29 is 27.1 Å². The van der Waals surface area contributed by atoms with Gasteiger partial charge in [0.05, 0.1) is 30.3 Å². The summed E-state index contributed by atoms with van der Waals surface area (Å²) < 4.78 is 55.2. The number of carbonyl (C=O) groups excluding carboxylic acids is 1. The van der Waals surface area contributed by atoms with Crippen LogP contribution in [0.25, 0.3) is 22.6 Å². The number of para-hydroxylation sites is 2. The maximum absolute atomic E-state index is 14.0. The number of nitrogens with zero attached hydrogens (tertiary/aromatic N) is 3. The van der Waals surface area contributed by atoms with Gasteiger partial charge in [0.15, 0.2) is 11.6 Å². The molecule has 3 heterocycles. The van der Waals surface area contributed by atoms with Gasteiger partial charge in [-0.05, 0) is 49.4 Å². The van der Waals surface area contributed by atoms with Crippen LogP contribution in [0.3, 0.4) is 0 Å². The Kier molecular flexibility index (Phi) is 7.37. The second-order valence-electron chi connectivity index (χ2n) is 9.88. The highest BCUT2D eigenvalue weighted by molar-refractivity contribution is 7.89. The smallest absolute Gasteiger partial charge is 0.258 e. The molecule has 10 heteroatoms. The zero-order valence-corrected chi connectivity index (χ0v) is 23.4. The first-order chi connectivity index (χ1) is 19.9. The number of hydrogen-bond acceptors (Lipinski definition) is 5. The lowest BCUT2D eigenvalue weighted by atomic mass is 10.0. The van der Waals surface area contributed by atoms with Gasteiger partial charge in [0.1, 0.15) is 6.61 Å². The second kappa shape index (κ2) is 11.1. The molecule has 212 valence electrons. The van der Waals surface area contributed by atoms with E-state index >= 15 is 0 Å². The Labute approximate surface area is 238 Å². The maximum Gasteiger partial charge on any atom is 0.258 e. The lowest BCUT2D eigenvalue weighted by Gasteiger charge is -2.26. The molecule has 0 saturated carbocycles. The molecule has 41 heavy (non-hydrogen) atoms. The average molecular weight is 576 g/mol. The van der Waals surface area contributed by atoms with E-state index in [1.54, 1.807) is 41.3 Å². The first-order valence-electron chi connectivity index (χ1n) is 13.6. The van der Waals surface area contributed by atoms with Crippen molar-refractivity contribution in [2.75, 3.05) is 44.4 Å². The molecule has 2 aliphatic rings. The molecule has 0 radical (unpaired) electrons. The molecule has 0 bridgehead atoms. The van der Waals surface area contributed by atoms with E-state index in [0.717, 1.165) is 16.5 Å². The molecule has 3 aromatic carbocycles. The highest BCUT2D eigenvalue weighted by Crippen LogP contribution is 2.40. The van der Waals surface area contributed by atoms with Gasteiger partial charge < -0.3 is 18.9 Å². The highest BCUT2D eigenvalue weighted by atomic mass is 32.2. The van der Waals surface area contributed by atoms with E-state index in [-0.39, 0.29) is 23.2 Å². The first-order valence-corrected chi connectivity index (χ1v) is 15.0. The van der Waals surface area contributed by atoms with Crippen molar-refractivity contribution in [3.8, 4) is 5.75 Å². The van der Waals surface area contributed by atoms with Gasteiger partial charge in [0.25, 0.3) is 5.91 Å². The quantitative estimate of drug-likeness (QED) is 0.283. The summed E-state index contributed by atoms with van der Waals surface area (Å²) in [6, 6.07) is 19.0. The van der Waals surface area contributed by atoms with Crippen molar-refractivity contribution in [1.82, 2.24) is 8.87 Å². The van der Waals surface area contributed by atoms with Gasteiger partial charge in [-0.1, -0.05) is 30.3 Å². The van der Waals surface area contributed by atoms with Crippen LogP contribution in [0.1, 0.15) is 18.1 Å². The van der Waals surface area contributed by atoms with Gasteiger partial charge in [0, 0.05) is 53.4 Å². The van der Waals surface area contributed by atoms with E-state index in [4.69, 9.17) is 9.47 Å². The van der Waals surface area contributed by atoms with Crippen LogP contribution in [0.2, 0.25) is 0 Å². The normalized spacial score (nSPS) is 17.0. The number of rotatable bonds is 8. The van der Waals surface area contributed by atoms with Crippen LogP contribution in [-0.2, 0) is 26.1 Å². The van der Waals surface area contributed by atoms with Crippen molar-refractivity contribution >= 4 is 44.2 Å². The number of ether oxygens (including phenoxy) is 2. The van der Waals surface area contributed by atoms with E-state index < -0.39 is 15.8 Å². The molecule has 1 aromatic heterocycles. The summed E-state index contributed by atoms with van der Waals surface area (Å²) in [4.78, 5) is 15.4.